The number of hydrogen-bond donors (Lipinski definition) is 1. The van der Waals surface area contributed by atoms with E-state index in [2.05, 4.69) is 10.3 Å². The molecule has 3 rings (SSSR count). The lowest BCUT2D eigenvalue weighted by molar-refractivity contribution is -0.115. The molecule has 8 heteroatoms. The number of hydrogen-bond acceptors (Lipinski definition) is 5. The van der Waals surface area contributed by atoms with E-state index in [-0.39, 0.29) is 28.9 Å². The van der Waals surface area contributed by atoms with Crippen LogP contribution < -0.4 is 10.2 Å². The molecule has 0 unspecified atom stereocenters. The molecule has 1 heterocycles. The van der Waals surface area contributed by atoms with Crippen LogP contribution in [0.4, 0.5) is 11.5 Å². The number of amides is 2. The van der Waals surface area contributed by atoms with Crippen molar-refractivity contribution in [3.05, 3.63) is 84.1 Å². The van der Waals surface area contributed by atoms with Gasteiger partial charge in [0.1, 0.15) is 5.82 Å². The van der Waals surface area contributed by atoms with Crippen LogP contribution in [-0.2, 0) is 21.1 Å². The normalized spacial score (nSPS) is 11.1. The number of carbonyl (C=O) groups is 2. The van der Waals surface area contributed by atoms with Gasteiger partial charge in [0, 0.05) is 18.4 Å². The Bertz CT molecular complexity index is 1180. The van der Waals surface area contributed by atoms with E-state index in [4.69, 9.17) is 0 Å². The molecule has 0 atom stereocenters. The molecule has 0 fully saturated rings. The van der Waals surface area contributed by atoms with Crippen molar-refractivity contribution in [2.75, 3.05) is 22.5 Å². The standard InChI is InChI=1S/C24H25N3O4S/c1-3-27(20-8-6-5-7-9-20)24(29)19-12-15-22(25-17-19)26-23(28)16-18-10-13-21(14-11-18)32(30,31)4-2/h5-15,17H,3-4,16H2,1-2H3,(H,25,26,28). The summed E-state index contributed by atoms with van der Waals surface area (Å²) in [5.74, 6) is -0.105. The average Bonchev–Trinajstić information content (AvgIpc) is 2.81. The van der Waals surface area contributed by atoms with Crippen LogP contribution in [-0.4, -0.2) is 37.5 Å². The summed E-state index contributed by atoms with van der Waals surface area (Å²) < 4.78 is 23.8. The van der Waals surface area contributed by atoms with Gasteiger partial charge in [0.05, 0.1) is 22.6 Å². The van der Waals surface area contributed by atoms with Gasteiger partial charge >= 0.3 is 0 Å². The molecule has 32 heavy (non-hydrogen) atoms. The van der Waals surface area contributed by atoms with Crippen molar-refractivity contribution >= 4 is 33.2 Å². The third-order valence-corrected chi connectivity index (χ3v) is 6.68. The average molecular weight is 452 g/mol. The smallest absolute Gasteiger partial charge is 0.259 e. The van der Waals surface area contributed by atoms with Gasteiger partial charge in [-0.3, -0.25) is 9.59 Å². The van der Waals surface area contributed by atoms with Crippen LogP contribution in [0.5, 0.6) is 0 Å². The SMILES string of the molecule is CCN(C(=O)c1ccc(NC(=O)Cc2ccc(S(=O)(=O)CC)cc2)nc1)c1ccccc1. The van der Waals surface area contributed by atoms with Crippen LogP contribution in [0.3, 0.4) is 0 Å². The number of aromatic nitrogens is 1. The van der Waals surface area contributed by atoms with E-state index in [9.17, 15) is 18.0 Å². The molecule has 0 aliphatic heterocycles. The first-order chi connectivity index (χ1) is 15.3. The molecule has 1 aromatic heterocycles. The molecule has 3 aromatic rings. The number of nitrogens with one attached hydrogen (secondary N) is 1. The molecule has 2 aromatic carbocycles. The topological polar surface area (TPSA) is 96.4 Å². The van der Waals surface area contributed by atoms with E-state index in [1.165, 1.54) is 18.3 Å². The molecular formula is C24H25N3O4S. The number of nitrogens with zero attached hydrogens (tertiary/aromatic N) is 2. The number of rotatable bonds is 8. The fraction of sp³-hybridized carbons (Fsp3) is 0.208. The maximum absolute atomic E-state index is 12.8. The van der Waals surface area contributed by atoms with Crippen LogP contribution >= 0.6 is 0 Å². The van der Waals surface area contributed by atoms with Crippen LogP contribution in [0.2, 0.25) is 0 Å². The van der Waals surface area contributed by atoms with Crippen molar-refractivity contribution in [3.8, 4) is 0 Å². The first-order valence-electron chi connectivity index (χ1n) is 10.3. The Labute approximate surface area is 188 Å². The van der Waals surface area contributed by atoms with Gasteiger partial charge in [0.2, 0.25) is 5.91 Å². The third kappa shape index (κ3) is 5.59. The summed E-state index contributed by atoms with van der Waals surface area (Å²) in [6.07, 6.45) is 1.51. The predicted octanol–water partition coefficient (Wildman–Crippen LogP) is 3.72. The molecule has 0 aliphatic carbocycles. The Hall–Kier alpha value is -3.52. The van der Waals surface area contributed by atoms with Crippen LogP contribution in [0.15, 0.2) is 77.8 Å². The molecule has 7 nitrogen and oxygen atoms in total. The van der Waals surface area contributed by atoms with Gasteiger partial charge in [0.15, 0.2) is 9.84 Å². The molecule has 0 bridgehead atoms. The molecule has 0 saturated heterocycles. The molecular weight excluding hydrogens is 426 g/mol. The lowest BCUT2D eigenvalue weighted by atomic mass is 10.1. The highest BCUT2D eigenvalue weighted by molar-refractivity contribution is 7.91. The van der Waals surface area contributed by atoms with Gasteiger partial charge in [-0.15, -0.1) is 0 Å². The van der Waals surface area contributed by atoms with Crippen molar-refractivity contribution in [1.82, 2.24) is 4.98 Å². The summed E-state index contributed by atoms with van der Waals surface area (Å²) in [6.45, 7) is 4.00. The van der Waals surface area contributed by atoms with E-state index in [1.54, 1.807) is 36.1 Å². The Morgan fingerprint density at radius 3 is 2.19 bits per heavy atom. The number of sulfone groups is 1. The van der Waals surface area contributed by atoms with Crippen LogP contribution in [0.25, 0.3) is 0 Å². The Morgan fingerprint density at radius 1 is 0.938 bits per heavy atom. The second-order valence-corrected chi connectivity index (χ2v) is 9.37. The largest absolute Gasteiger partial charge is 0.310 e. The quantitative estimate of drug-likeness (QED) is 0.563. The van der Waals surface area contributed by atoms with Gasteiger partial charge < -0.3 is 10.2 Å². The number of pyridine rings is 1. The minimum atomic E-state index is -3.27. The Morgan fingerprint density at radius 2 is 1.62 bits per heavy atom. The van der Waals surface area contributed by atoms with E-state index >= 15 is 0 Å². The van der Waals surface area contributed by atoms with Gasteiger partial charge in [-0.1, -0.05) is 37.3 Å². The molecule has 166 valence electrons. The molecule has 0 saturated carbocycles. The van der Waals surface area contributed by atoms with Crippen molar-refractivity contribution in [3.63, 3.8) is 0 Å². The summed E-state index contributed by atoms with van der Waals surface area (Å²) in [5.41, 5.74) is 1.90. The highest BCUT2D eigenvalue weighted by Gasteiger charge is 2.17. The highest BCUT2D eigenvalue weighted by atomic mass is 32.2. The number of benzene rings is 2. The molecule has 1 N–H and O–H groups in total. The minimum Gasteiger partial charge on any atom is -0.310 e. The van der Waals surface area contributed by atoms with Crippen molar-refractivity contribution in [2.24, 2.45) is 0 Å². The lowest BCUT2D eigenvalue weighted by Gasteiger charge is -2.21. The maximum atomic E-state index is 12.8. The van der Waals surface area contributed by atoms with Crippen LogP contribution in [0, 0.1) is 0 Å². The van der Waals surface area contributed by atoms with E-state index in [0.29, 0.717) is 23.5 Å². The van der Waals surface area contributed by atoms with E-state index in [0.717, 1.165) is 5.69 Å². The minimum absolute atomic E-state index is 0.0262. The summed E-state index contributed by atoms with van der Waals surface area (Å²) in [7, 11) is -3.27. The summed E-state index contributed by atoms with van der Waals surface area (Å²) in [4.78, 5) is 31.2. The summed E-state index contributed by atoms with van der Waals surface area (Å²) >= 11 is 0. The van der Waals surface area contributed by atoms with Crippen LogP contribution in [0.1, 0.15) is 29.8 Å². The summed E-state index contributed by atoms with van der Waals surface area (Å²) in [6, 6.07) is 18.8. The zero-order valence-electron chi connectivity index (χ0n) is 18.0. The fourth-order valence-electron chi connectivity index (χ4n) is 3.16. The highest BCUT2D eigenvalue weighted by Crippen LogP contribution is 2.17. The van der Waals surface area contributed by atoms with Crippen molar-refractivity contribution < 1.29 is 18.0 Å². The van der Waals surface area contributed by atoms with E-state index < -0.39 is 9.84 Å². The van der Waals surface area contributed by atoms with Gasteiger partial charge in [-0.05, 0) is 48.9 Å². The predicted molar refractivity (Wildman–Crippen MR) is 125 cm³/mol. The van der Waals surface area contributed by atoms with Gasteiger partial charge in [-0.25, -0.2) is 13.4 Å². The zero-order valence-corrected chi connectivity index (χ0v) is 18.8. The zero-order chi connectivity index (χ0) is 23.1. The van der Waals surface area contributed by atoms with Gasteiger partial charge in [0.25, 0.3) is 5.91 Å². The maximum Gasteiger partial charge on any atom is 0.259 e. The first kappa shape index (κ1) is 23.1. The second-order valence-electron chi connectivity index (χ2n) is 7.09. The van der Waals surface area contributed by atoms with Gasteiger partial charge in [-0.2, -0.15) is 0 Å². The molecule has 0 aliphatic rings. The van der Waals surface area contributed by atoms with E-state index in [1.807, 2.05) is 37.3 Å². The molecule has 0 radical (unpaired) electrons. The van der Waals surface area contributed by atoms with Crippen molar-refractivity contribution in [1.29, 1.82) is 0 Å². The Kier molecular flexibility index (Phi) is 7.37. The second kappa shape index (κ2) is 10.2. The lowest BCUT2D eigenvalue weighted by Crippen LogP contribution is -2.30. The molecule has 2 amide bonds. The molecule has 0 spiro atoms. The number of anilines is 2. The fourth-order valence-corrected chi connectivity index (χ4v) is 4.04. The first-order valence-corrected chi connectivity index (χ1v) is 11.9. The Balaban J connectivity index is 1.63. The van der Waals surface area contributed by atoms with Crippen molar-refractivity contribution in [2.45, 2.75) is 25.2 Å². The number of carbonyl (C=O) groups excluding carboxylic acids is 2. The monoisotopic (exact) mass is 451 g/mol. The third-order valence-electron chi connectivity index (χ3n) is 4.93. The number of para-hydroxylation sites is 1. The summed E-state index contributed by atoms with van der Waals surface area (Å²) in [5, 5.41) is 2.69.